The minimum atomic E-state index is -0.884. The van der Waals surface area contributed by atoms with E-state index in [-0.39, 0.29) is 17.7 Å². The van der Waals surface area contributed by atoms with Crippen molar-refractivity contribution in [2.75, 3.05) is 5.32 Å². The van der Waals surface area contributed by atoms with Gasteiger partial charge in [-0.3, -0.25) is 9.59 Å². The third-order valence-electron chi connectivity index (χ3n) is 5.26. The van der Waals surface area contributed by atoms with Gasteiger partial charge in [-0.15, -0.1) is 0 Å². The van der Waals surface area contributed by atoms with Crippen molar-refractivity contribution in [1.82, 2.24) is 0 Å². The lowest BCUT2D eigenvalue weighted by atomic mass is 9.58. The van der Waals surface area contributed by atoms with E-state index in [1.54, 1.807) is 13.0 Å². The Hall–Kier alpha value is -1.91. The third-order valence-corrected chi connectivity index (χ3v) is 5.26. The Morgan fingerprint density at radius 2 is 1.73 bits per heavy atom. The normalized spacial score (nSPS) is 30.1. The molecule has 3 aliphatic rings. The topological polar surface area (TPSA) is 66.4 Å². The first-order valence-electron chi connectivity index (χ1n) is 7.77. The Bertz CT molecular complexity index is 608. The van der Waals surface area contributed by atoms with Crippen LogP contribution in [-0.4, -0.2) is 17.0 Å². The number of benzene rings is 1. The van der Waals surface area contributed by atoms with Crippen molar-refractivity contribution in [3.8, 4) is 0 Å². The molecule has 1 amide bonds. The molecule has 3 saturated carbocycles. The molecule has 0 aliphatic heterocycles. The number of fused-ring (bicyclic) bond motifs is 3. The van der Waals surface area contributed by atoms with Crippen LogP contribution in [0.1, 0.15) is 31.2 Å². The monoisotopic (exact) mass is 305 g/mol. The zero-order valence-corrected chi connectivity index (χ0v) is 12.5. The second-order valence-corrected chi connectivity index (χ2v) is 6.51. The smallest absolute Gasteiger partial charge is 0.307 e. The third kappa shape index (κ3) is 2.60. The maximum Gasteiger partial charge on any atom is 0.307 e. The number of carboxylic acid groups (broad SMARTS) is 1. The summed E-state index contributed by atoms with van der Waals surface area (Å²) in [7, 11) is 0. The number of aryl methyl sites for hydroxylation is 1. The quantitative estimate of drug-likeness (QED) is 0.901. The number of carboxylic acids is 1. The van der Waals surface area contributed by atoms with Crippen molar-refractivity contribution in [3.63, 3.8) is 0 Å². The van der Waals surface area contributed by atoms with Crippen LogP contribution in [-0.2, 0) is 9.59 Å². The molecule has 0 unspecified atom stereocenters. The summed E-state index contributed by atoms with van der Waals surface area (Å²) < 4.78 is 13.3. The van der Waals surface area contributed by atoms with Crippen molar-refractivity contribution in [3.05, 3.63) is 29.6 Å². The molecule has 0 aromatic heterocycles. The number of nitrogens with one attached hydrogen (secondary N) is 1. The van der Waals surface area contributed by atoms with E-state index in [4.69, 9.17) is 0 Å². The van der Waals surface area contributed by atoms with Crippen LogP contribution in [0, 0.1) is 36.4 Å². The minimum absolute atomic E-state index is 0.0897. The fourth-order valence-corrected chi connectivity index (χ4v) is 4.13. The molecule has 1 aromatic rings. The second-order valence-electron chi connectivity index (χ2n) is 6.51. The lowest BCUT2D eigenvalue weighted by Crippen LogP contribution is -2.49. The Labute approximate surface area is 128 Å². The van der Waals surface area contributed by atoms with E-state index in [0.29, 0.717) is 5.69 Å². The Kier molecular flexibility index (Phi) is 3.89. The molecule has 2 bridgehead atoms. The van der Waals surface area contributed by atoms with Gasteiger partial charge in [0.05, 0.1) is 11.8 Å². The first kappa shape index (κ1) is 15.0. The molecule has 5 heteroatoms. The summed E-state index contributed by atoms with van der Waals surface area (Å²) in [6.07, 6.45) is 3.61. The van der Waals surface area contributed by atoms with Crippen LogP contribution in [0.3, 0.4) is 0 Å². The lowest BCUT2D eigenvalue weighted by Gasteiger charge is -2.45. The highest BCUT2D eigenvalue weighted by Crippen LogP contribution is 2.49. The Balaban J connectivity index is 1.84. The van der Waals surface area contributed by atoms with Crippen LogP contribution in [0.15, 0.2) is 18.2 Å². The van der Waals surface area contributed by atoms with Crippen molar-refractivity contribution in [2.24, 2.45) is 23.7 Å². The summed E-state index contributed by atoms with van der Waals surface area (Å²) in [6, 6.07) is 4.23. The van der Waals surface area contributed by atoms with Gasteiger partial charge in [-0.2, -0.15) is 0 Å². The van der Waals surface area contributed by atoms with E-state index in [1.807, 2.05) is 0 Å². The van der Waals surface area contributed by atoms with Gasteiger partial charge in [0.1, 0.15) is 5.82 Å². The minimum Gasteiger partial charge on any atom is -0.481 e. The molecule has 2 N–H and O–H groups in total. The van der Waals surface area contributed by atoms with Gasteiger partial charge >= 0.3 is 5.97 Å². The lowest BCUT2D eigenvalue weighted by molar-refractivity contribution is -0.156. The highest BCUT2D eigenvalue weighted by molar-refractivity contribution is 5.96. The fourth-order valence-electron chi connectivity index (χ4n) is 4.13. The van der Waals surface area contributed by atoms with Crippen LogP contribution in [0.2, 0.25) is 0 Å². The number of carbonyl (C=O) groups is 2. The van der Waals surface area contributed by atoms with Crippen molar-refractivity contribution in [1.29, 1.82) is 0 Å². The van der Waals surface area contributed by atoms with Gasteiger partial charge < -0.3 is 10.4 Å². The van der Waals surface area contributed by atoms with E-state index in [1.165, 1.54) is 12.1 Å². The van der Waals surface area contributed by atoms with E-state index >= 15 is 0 Å². The molecule has 1 aromatic carbocycles. The Morgan fingerprint density at radius 3 is 2.32 bits per heavy atom. The van der Waals surface area contributed by atoms with Crippen LogP contribution in [0.4, 0.5) is 10.1 Å². The summed E-state index contributed by atoms with van der Waals surface area (Å²) in [6.45, 7) is 1.79. The average Bonchev–Trinajstić information content (AvgIpc) is 2.51. The summed E-state index contributed by atoms with van der Waals surface area (Å²) in [5.74, 6) is -2.48. The van der Waals surface area contributed by atoms with Gasteiger partial charge in [-0.25, -0.2) is 4.39 Å². The van der Waals surface area contributed by atoms with Crippen molar-refractivity contribution >= 4 is 17.6 Å². The van der Waals surface area contributed by atoms with E-state index in [2.05, 4.69) is 5.32 Å². The van der Waals surface area contributed by atoms with Gasteiger partial charge in [-0.05, 0) is 62.1 Å². The second kappa shape index (κ2) is 5.71. The zero-order valence-electron chi connectivity index (χ0n) is 12.5. The summed E-state index contributed by atoms with van der Waals surface area (Å²) in [4.78, 5) is 24.2. The molecule has 118 valence electrons. The number of amides is 1. The number of hydrogen-bond acceptors (Lipinski definition) is 2. The number of halogens is 1. The average molecular weight is 305 g/mol. The number of aliphatic carboxylic acids is 1. The molecule has 0 saturated heterocycles. The molecular weight excluding hydrogens is 285 g/mol. The van der Waals surface area contributed by atoms with Crippen LogP contribution >= 0.6 is 0 Å². The fraction of sp³-hybridized carbons (Fsp3) is 0.529. The predicted octanol–water partition coefficient (Wildman–Crippen LogP) is 3.21. The number of carbonyl (C=O) groups excluding carboxylic acids is 1. The maximum atomic E-state index is 13.3. The van der Waals surface area contributed by atoms with Gasteiger partial charge in [-0.1, -0.05) is 6.07 Å². The number of hydrogen-bond donors (Lipinski definition) is 2. The van der Waals surface area contributed by atoms with Crippen LogP contribution < -0.4 is 5.32 Å². The number of anilines is 1. The van der Waals surface area contributed by atoms with Crippen LogP contribution in [0.5, 0.6) is 0 Å². The SMILES string of the molecule is Cc1ccc(F)cc1NC(=O)[C@H]1C2CCC(CC2)[C@H]1C(=O)O. The molecule has 4 nitrogen and oxygen atoms in total. The van der Waals surface area contributed by atoms with Gasteiger partial charge in [0.15, 0.2) is 0 Å². The zero-order chi connectivity index (χ0) is 15.9. The summed E-state index contributed by atoms with van der Waals surface area (Å²) in [5, 5.41) is 12.3. The van der Waals surface area contributed by atoms with Gasteiger partial charge in [0.25, 0.3) is 0 Å². The molecular formula is C17H20FNO3. The molecule has 2 atom stereocenters. The predicted molar refractivity (Wildman–Crippen MR) is 79.8 cm³/mol. The molecule has 0 heterocycles. The molecule has 3 fully saturated rings. The standard InChI is InChI=1S/C17H20FNO3/c1-9-2-7-12(18)8-13(9)19-16(20)14-10-3-5-11(6-4-10)15(14)17(21)22/h2,7-8,10-11,14-15H,3-6H2,1H3,(H,19,20)(H,21,22)/t10?,11?,14-,15+/m0/s1. The summed E-state index contributed by atoms with van der Waals surface area (Å²) in [5.41, 5.74) is 1.19. The highest BCUT2D eigenvalue weighted by Gasteiger charge is 2.50. The first-order valence-corrected chi connectivity index (χ1v) is 7.77. The number of rotatable bonds is 3. The molecule has 3 aliphatic carbocycles. The van der Waals surface area contributed by atoms with E-state index in [0.717, 1.165) is 31.2 Å². The van der Waals surface area contributed by atoms with Crippen LogP contribution in [0.25, 0.3) is 0 Å². The molecule has 0 radical (unpaired) electrons. The molecule has 22 heavy (non-hydrogen) atoms. The van der Waals surface area contributed by atoms with Gasteiger partial charge in [0.2, 0.25) is 5.91 Å². The van der Waals surface area contributed by atoms with Crippen molar-refractivity contribution < 1.29 is 19.1 Å². The van der Waals surface area contributed by atoms with Gasteiger partial charge in [0, 0.05) is 5.69 Å². The highest BCUT2D eigenvalue weighted by atomic mass is 19.1. The van der Waals surface area contributed by atoms with E-state index < -0.39 is 23.6 Å². The van der Waals surface area contributed by atoms with Crippen molar-refractivity contribution in [2.45, 2.75) is 32.6 Å². The molecule has 0 spiro atoms. The maximum absolute atomic E-state index is 13.3. The van der Waals surface area contributed by atoms with E-state index in [9.17, 15) is 19.1 Å². The first-order chi connectivity index (χ1) is 10.5. The summed E-state index contributed by atoms with van der Waals surface area (Å²) >= 11 is 0. The molecule has 4 rings (SSSR count). The largest absolute Gasteiger partial charge is 0.481 e. The Morgan fingerprint density at radius 1 is 1.14 bits per heavy atom.